The Hall–Kier alpha value is -2.43. The molecule has 24 heavy (non-hydrogen) atoms. The number of carbonyl (C=O) groups is 2. The first-order valence-electron chi connectivity index (χ1n) is 8.58. The van der Waals surface area contributed by atoms with Crippen molar-refractivity contribution in [3.63, 3.8) is 0 Å². The Bertz CT molecular complexity index is 836. The molecule has 2 bridgehead atoms. The number of hydrogen-bond acceptors (Lipinski definition) is 3. The van der Waals surface area contributed by atoms with Crippen molar-refractivity contribution < 1.29 is 9.59 Å². The molecule has 1 fully saturated rings. The number of hydrogen-bond donors (Lipinski definition) is 1. The second-order valence-electron chi connectivity index (χ2n) is 6.82. The van der Waals surface area contributed by atoms with Gasteiger partial charge in [0.05, 0.1) is 17.4 Å². The number of aryl methyl sites for hydroxylation is 1. The summed E-state index contributed by atoms with van der Waals surface area (Å²) in [5, 5.41) is 4.04. The first-order chi connectivity index (χ1) is 11.7. The lowest BCUT2D eigenvalue weighted by atomic mass is 10.1. The Kier molecular flexibility index (Phi) is 3.71. The van der Waals surface area contributed by atoms with Crippen LogP contribution in [0, 0.1) is 11.8 Å². The largest absolute Gasteiger partial charge is 0.348 e. The van der Waals surface area contributed by atoms with Crippen LogP contribution in [0.15, 0.2) is 30.4 Å². The van der Waals surface area contributed by atoms with E-state index in [1.807, 2.05) is 29.7 Å². The van der Waals surface area contributed by atoms with Crippen molar-refractivity contribution in [3.05, 3.63) is 41.7 Å². The first-order valence-corrected chi connectivity index (χ1v) is 8.58. The number of fused-ring (bicyclic) bond motifs is 2. The van der Waals surface area contributed by atoms with Gasteiger partial charge in [0.15, 0.2) is 6.29 Å². The lowest BCUT2D eigenvalue weighted by Crippen LogP contribution is -2.29. The van der Waals surface area contributed by atoms with Gasteiger partial charge in [0.2, 0.25) is 5.91 Å². The van der Waals surface area contributed by atoms with Crippen molar-refractivity contribution in [1.29, 1.82) is 0 Å². The molecule has 2 aliphatic rings. The van der Waals surface area contributed by atoms with Crippen LogP contribution >= 0.6 is 0 Å². The van der Waals surface area contributed by atoms with E-state index in [2.05, 4.69) is 17.5 Å². The molecule has 3 heterocycles. The van der Waals surface area contributed by atoms with E-state index >= 15 is 0 Å². The third kappa shape index (κ3) is 2.64. The third-order valence-corrected chi connectivity index (χ3v) is 5.10. The molecule has 1 amide bonds. The van der Waals surface area contributed by atoms with E-state index in [-0.39, 0.29) is 17.9 Å². The molecule has 2 aromatic heterocycles. The topological polar surface area (TPSA) is 64.0 Å². The van der Waals surface area contributed by atoms with Crippen LogP contribution in [0.1, 0.15) is 48.4 Å². The molecule has 5 nitrogen and oxygen atoms in total. The number of aromatic nitrogens is 2. The fraction of sp³-hybridized carbons (Fsp3) is 0.421. The van der Waals surface area contributed by atoms with Gasteiger partial charge in [-0.1, -0.05) is 12.2 Å². The van der Waals surface area contributed by atoms with Gasteiger partial charge in [-0.15, -0.1) is 0 Å². The van der Waals surface area contributed by atoms with Crippen molar-refractivity contribution in [3.8, 4) is 0 Å². The number of aldehydes is 1. The maximum absolute atomic E-state index is 12.3. The fourth-order valence-corrected chi connectivity index (χ4v) is 3.55. The highest BCUT2D eigenvalue weighted by Gasteiger charge is 2.42. The molecule has 5 heteroatoms. The monoisotopic (exact) mass is 323 g/mol. The zero-order valence-corrected chi connectivity index (χ0v) is 13.7. The molecule has 3 atom stereocenters. The van der Waals surface area contributed by atoms with Gasteiger partial charge in [-0.05, 0) is 50.3 Å². The molecule has 0 spiro atoms. The van der Waals surface area contributed by atoms with E-state index in [4.69, 9.17) is 4.98 Å². The quantitative estimate of drug-likeness (QED) is 0.648. The molecule has 0 unspecified atom stereocenters. The summed E-state index contributed by atoms with van der Waals surface area (Å²) < 4.78 is 1.97. The zero-order valence-electron chi connectivity index (χ0n) is 13.7. The lowest BCUT2D eigenvalue weighted by molar-refractivity contribution is -0.123. The summed E-state index contributed by atoms with van der Waals surface area (Å²) >= 11 is 0. The molecule has 0 saturated heterocycles. The number of pyridine rings is 1. The zero-order chi connectivity index (χ0) is 16.7. The van der Waals surface area contributed by atoms with E-state index in [0.29, 0.717) is 11.6 Å². The number of rotatable bonds is 1. The van der Waals surface area contributed by atoms with Crippen LogP contribution in [0.2, 0.25) is 0 Å². The maximum atomic E-state index is 12.3. The number of nitrogens with one attached hydrogen (secondary N) is 1. The van der Waals surface area contributed by atoms with Crippen molar-refractivity contribution in [2.24, 2.45) is 11.8 Å². The molecule has 4 rings (SSSR count). The summed E-state index contributed by atoms with van der Waals surface area (Å²) in [5.74, 6) is 0.748. The smallest absolute Gasteiger partial charge is 0.223 e. The number of amides is 1. The van der Waals surface area contributed by atoms with Gasteiger partial charge in [-0.25, -0.2) is 4.98 Å². The van der Waals surface area contributed by atoms with Crippen LogP contribution in [0.25, 0.3) is 11.0 Å². The molecule has 1 N–H and O–H groups in total. The number of allylic oxidation sites excluding steroid dienone is 2. The minimum atomic E-state index is -0.135. The highest BCUT2D eigenvalue weighted by Crippen LogP contribution is 2.42. The highest BCUT2D eigenvalue weighted by atomic mass is 16.2. The molecule has 124 valence electrons. The molecule has 1 aliphatic carbocycles. The molecule has 2 aromatic rings. The van der Waals surface area contributed by atoms with Gasteiger partial charge in [-0.2, -0.15) is 0 Å². The van der Waals surface area contributed by atoms with Gasteiger partial charge >= 0.3 is 0 Å². The summed E-state index contributed by atoms with van der Waals surface area (Å²) in [4.78, 5) is 28.5. The van der Waals surface area contributed by atoms with Crippen LogP contribution < -0.4 is 5.32 Å². The fourth-order valence-electron chi connectivity index (χ4n) is 3.55. The Balaban J connectivity index is 1.75. The summed E-state index contributed by atoms with van der Waals surface area (Å²) in [7, 11) is 0. The second-order valence-corrected chi connectivity index (χ2v) is 6.82. The molecule has 1 aliphatic heterocycles. The second kappa shape index (κ2) is 5.89. The van der Waals surface area contributed by atoms with E-state index in [1.165, 1.54) is 0 Å². The molecule has 0 radical (unpaired) electrons. The molecule has 1 saturated carbocycles. The van der Waals surface area contributed by atoms with Crippen molar-refractivity contribution >= 4 is 23.2 Å². The predicted molar refractivity (Wildman–Crippen MR) is 91.6 cm³/mol. The van der Waals surface area contributed by atoms with Gasteiger partial charge in [0, 0.05) is 17.8 Å². The SMILES string of the molecule is C[C@H]1NC(=O)[C@@H]2C[C@H]2C/C=C/CCn2c(C=O)cc3ccc1nc32. The molecular weight excluding hydrogens is 302 g/mol. The normalized spacial score (nSPS) is 28.0. The van der Waals surface area contributed by atoms with Crippen LogP contribution in [-0.4, -0.2) is 21.7 Å². The Morgan fingerprint density at radius 2 is 2.21 bits per heavy atom. The third-order valence-electron chi connectivity index (χ3n) is 5.10. The summed E-state index contributed by atoms with van der Waals surface area (Å²) in [6.45, 7) is 2.70. The molecular formula is C19H21N3O2. The van der Waals surface area contributed by atoms with Crippen LogP contribution in [0.4, 0.5) is 0 Å². The van der Waals surface area contributed by atoms with Crippen molar-refractivity contribution in [2.45, 2.75) is 38.8 Å². The van der Waals surface area contributed by atoms with Gasteiger partial charge in [0.1, 0.15) is 5.65 Å². The minimum absolute atomic E-state index is 0.129. The Morgan fingerprint density at radius 3 is 3.04 bits per heavy atom. The van der Waals surface area contributed by atoms with Crippen LogP contribution in [-0.2, 0) is 11.3 Å². The van der Waals surface area contributed by atoms with Crippen molar-refractivity contribution in [1.82, 2.24) is 14.9 Å². The standard InChI is InChI=1S/C19H21N3O2/c1-12-17-7-6-14-9-15(11-23)22(18(14)21-17)8-4-2-3-5-13-10-16(13)19(24)20-12/h2-3,6-7,9,11-13,16H,4-5,8,10H2,1H3,(H,20,24)/b3-2+/t12-,13-,16-/m1/s1. The van der Waals surface area contributed by atoms with Crippen LogP contribution in [0.3, 0.4) is 0 Å². The average Bonchev–Trinajstić information content (AvgIpc) is 3.27. The van der Waals surface area contributed by atoms with Gasteiger partial charge in [-0.3, -0.25) is 9.59 Å². The Morgan fingerprint density at radius 1 is 1.33 bits per heavy atom. The average molecular weight is 323 g/mol. The van der Waals surface area contributed by atoms with E-state index in [1.54, 1.807) is 0 Å². The predicted octanol–water partition coefficient (Wildman–Crippen LogP) is 3.01. The van der Waals surface area contributed by atoms with Gasteiger partial charge < -0.3 is 9.88 Å². The van der Waals surface area contributed by atoms with Gasteiger partial charge in [0.25, 0.3) is 0 Å². The lowest BCUT2D eigenvalue weighted by Gasteiger charge is -2.15. The van der Waals surface area contributed by atoms with E-state index in [9.17, 15) is 9.59 Å². The molecule has 0 aromatic carbocycles. The van der Waals surface area contributed by atoms with E-state index < -0.39 is 0 Å². The number of nitrogens with zero attached hydrogens (tertiary/aromatic N) is 2. The minimum Gasteiger partial charge on any atom is -0.348 e. The van der Waals surface area contributed by atoms with E-state index in [0.717, 1.165) is 48.8 Å². The van der Waals surface area contributed by atoms with Crippen LogP contribution in [0.5, 0.6) is 0 Å². The van der Waals surface area contributed by atoms with Crippen molar-refractivity contribution in [2.75, 3.05) is 0 Å². The summed E-state index contributed by atoms with van der Waals surface area (Å²) in [6.07, 6.45) is 7.98. The maximum Gasteiger partial charge on any atom is 0.223 e. The summed E-state index contributed by atoms with van der Waals surface area (Å²) in [5.41, 5.74) is 2.29. The number of carbonyl (C=O) groups excluding carboxylic acids is 2. The summed E-state index contributed by atoms with van der Waals surface area (Å²) in [6, 6.07) is 5.65. The highest BCUT2D eigenvalue weighted by molar-refractivity contribution is 5.87. The first kappa shape index (κ1) is 15.1. The Labute approximate surface area is 140 Å².